The number of ketones is 1. The van der Waals surface area contributed by atoms with E-state index >= 15 is 0 Å². The van der Waals surface area contributed by atoms with Gasteiger partial charge in [0.05, 0.1) is 0 Å². The van der Waals surface area contributed by atoms with Crippen molar-refractivity contribution in [2.75, 3.05) is 26.2 Å². The minimum Gasteiger partial charge on any atom is -0.508 e. The van der Waals surface area contributed by atoms with Crippen molar-refractivity contribution < 1.29 is 19.7 Å². The van der Waals surface area contributed by atoms with Gasteiger partial charge < -0.3 is 14.9 Å². The molecular formula is C28H30ClNO4S. The Morgan fingerprint density at radius 1 is 0.914 bits per heavy atom. The number of thioether (sulfide) groups is 1. The van der Waals surface area contributed by atoms with Crippen LogP contribution in [0.4, 0.5) is 0 Å². The zero-order valence-corrected chi connectivity index (χ0v) is 21.1. The van der Waals surface area contributed by atoms with Gasteiger partial charge in [-0.2, -0.15) is 0 Å². The molecule has 1 fully saturated rings. The maximum Gasteiger partial charge on any atom is 0.184 e. The molecule has 0 spiro atoms. The summed E-state index contributed by atoms with van der Waals surface area (Å²) >= 11 is 1.47. The lowest BCUT2D eigenvalue weighted by atomic mass is 9.85. The van der Waals surface area contributed by atoms with E-state index in [0.29, 0.717) is 18.6 Å². The van der Waals surface area contributed by atoms with E-state index in [0.717, 1.165) is 41.4 Å². The van der Waals surface area contributed by atoms with Crippen LogP contribution in [0.25, 0.3) is 0 Å². The van der Waals surface area contributed by atoms with Gasteiger partial charge in [0.1, 0.15) is 28.6 Å². The highest BCUT2D eigenvalue weighted by molar-refractivity contribution is 8.01. The predicted octanol–water partition coefficient (Wildman–Crippen LogP) is 5.81. The van der Waals surface area contributed by atoms with Gasteiger partial charge in [-0.25, -0.2) is 0 Å². The first-order valence-corrected chi connectivity index (χ1v) is 12.7. The van der Waals surface area contributed by atoms with E-state index in [2.05, 4.69) is 4.90 Å². The minimum absolute atomic E-state index is 0. The Hall–Kier alpha value is -2.67. The van der Waals surface area contributed by atoms with E-state index in [1.54, 1.807) is 24.3 Å². The molecule has 3 aromatic carbocycles. The SMILES string of the molecule is Cl.O=C(c1ccc(OCCN2CCCCC2)cc1)C1(c2ccc(O)cc2)Cc2ccc(O)cc2S1. The van der Waals surface area contributed by atoms with Gasteiger partial charge in [0, 0.05) is 23.4 Å². The molecule has 35 heavy (non-hydrogen) atoms. The van der Waals surface area contributed by atoms with Gasteiger partial charge >= 0.3 is 0 Å². The molecule has 2 aliphatic heterocycles. The van der Waals surface area contributed by atoms with Crippen LogP contribution >= 0.6 is 24.2 Å². The van der Waals surface area contributed by atoms with Crippen molar-refractivity contribution in [3.63, 3.8) is 0 Å². The van der Waals surface area contributed by atoms with Crippen LogP contribution in [-0.2, 0) is 11.2 Å². The molecule has 2 N–H and O–H groups in total. The fraction of sp³-hybridized carbons (Fsp3) is 0.321. The molecule has 3 aromatic rings. The zero-order chi connectivity index (χ0) is 23.5. The number of rotatable bonds is 7. The van der Waals surface area contributed by atoms with E-state index in [4.69, 9.17) is 4.74 Å². The number of piperidine rings is 1. The fourth-order valence-corrected chi connectivity index (χ4v) is 6.36. The van der Waals surface area contributed by atoms with Crippen LogP contribution in [0.15, 0.2) is 71.6 Å². The predicted molar refractivity (Wildman–Crippen MR) is 141 cm³/mol. The number of Topliss-reactive ketones (excluding diaryl/α,β-unsaturated/α-hetero) is 1. The second-order valence-corrected chi connectivity index (χ2v) is 10.4. The molecule has 5 nitrogen and oxygen atoms in total. The number of nitrogens with zero attached hydrogens (tertiary/aromatic N) is 1. The first kappa shape index (κ1) is 25.4. The molecule has 7 heteroatoms. The molecule has 2 heterocycles. The van der Waals surface area contributed by atoms with Gasteiger partial charge in [-0.1, -0.05) is 24.6 Å². The highest BCUT2D eigenvalue weighted by Gasteiger charge is 2.46. The maximum atomic E-state index is 13.9. The fourth-order valence-electron chi connectivity index (χ4n) is 4.84. The largest absolute Gasteiger partial charge is 0.508 e. The van der Waals surface area contributed by atoms with Gasteiger partial charge in [0.15, 0.2) is 5.78 Å². The lowest BCUT2D eigenvalue weighted by molar-refractivity contribution is 0.0942. The molecule has 0 aliphatic carbocycles. The number of carbonyl (C=O) groups is 1. The van der Waals surface area contributed by atoms with Crippen LogP contribution in [0.2, 0.25) is 0 Å². The molecule has 0 bridgehead atoms. The summed E-state index contributed by atoms with van der Waals surface area (Å²) in [5.41, 5.74) is 2.47. The minimum atomic E-state index is -0.861. The highest BCUT2D eigenvalue weighted by atomic mass is 35.5. The Labute approximate surface area is 216 Å². The van der Waals surface area contributed by atoms with Crippen LogP contribution in [0.3, 0.4) is 0 Å². The summed E-state index contributed by atoms with van der Waals surface area (Å²) in [6, 6.07) is 19.5. The van der Waals surface area contributed by atoms with E-state index in [1.807, 2.05) is 42.5 Å². The van der Waals surface area contributed by atoms with Gasteiger partial charge in [0.2, 0.25) is 0 Å². The smallest absolute Gasteiger partial charge is 0.184 e. The molecule has 0 amide bonds. The highest BCUT2D eigenvalue weighted by Crippen LogP contribution is 2.54. The summed E-state index contributed by atoms with van der Waals surface area (Å²) < 4.78 is 5.08. The number of halogens is 1. The normalized spacial score (nSPS) is 19.5. The number of benzene rings is 3. The summed E-state index contributed by atoms with van der Waals surface area (Å²) in [5, 5.41) is 19.8. The molecule has 5 rings (SSSR count). The second-order valence-electron chi connectivity index (χ2n) is 9.05. The molecular weight excluding hydrogens is 482 g/mol. The van der Waals surface area contributed by atoms with Crippen molar-refractivity contribution in [2.24, 2.45) is 0 Å². The van der Waals surface area contributed by atoms with Crippen molar-refractivity contribution in [3.05, 3.63) is 83.4 Å². The number of fused-ring (bicyclic) bond motifs is 1. The van der Waals surface area contributed by atoms with Crippen molar-refractivity contribution in [2.45, 2.75) is 35.3 Å². The van der Waals surface area contributed by atoms with Crippen LogP contribution in [0, 0.1) is 0 Å². The topological polar surface area (TPSA) is 70.0 Å². The summed E-state index contributed by atoms with van der Waals surface area (Å²) in [4.78, 5) is 17.3. The standard InChI is InChI=1S/C28H29NO4S.ClH/c30-23-10-7-22(8-11-23)28(19-21-4-9-24(31)18-26(21)34-28)27(32)20-5-12-25(13-6-20)33-17-16-29-14-2-1-3-15-29;/h4-13,18,30-31H,1-3,14-17,19H2;1H. The van der Waals surface area contributed by atoms with E-state index in [-0.39, 0.29) is 29.7 Å². The van der Waals surface area contributed by atoms with E-state index < -0.39 is 4.75 Å². The number of carbonyl (C=O) groups excluding carboxylic acids is 1. The van der Waals surface area contributed by atoms with Gasteiger partial charge in [-0.15, -0.1) is 24.2 Å². The Morgan fingerprint density at radius 3 is 2.31 bits per heavy atom. The number of likely N-dealkylation sites (tertiary alicyclic amines) is 1. The summed E-state index contributed by atoms with van der Waals surface area (Å²) in [6.07, 6.45) is 4.37. The van der Waals surface area contributed by atoms with Crippen LogP contribution in [0.5, 0.6) is 17.2 Å². The van der Waals surface area contributed by atoms with Crippen molar-refractivity contribution >= 4 is 30.0 Å². The third-order valence-electron chi connectivity index (χ3n) is 6.72. The van der Waals surface area contributed by atoms with Crippen molar-refractivity contribution in [1.82, 2.24) is 4.90 Å². The summed E-state index contributed by atoms with van der Waals surface area (Å²) in [5.74, 6) is 1.11. The Balaban J connectivity index is 0.00000289. The van der Waals surface area contributed by atoms with Crippen molar-refractivity contribution in [1.29, 1.82) is 0 Å². The zero-order valence-electron chi connectivity index (χ0n) is 19.5. The number of aromatic hydroxyl groups is 2. The number of hydrogen-bond acceptors (Lipinski definition) is 6. The molecule has 1 unspecified atom stereocenters. The monoisotopic (exact) mass is 511 g/mol. The number of ether oxygens (including phenoxy) is 1. The number of hydrogen-bond donors (Lipinski definition) is 2. The third kappa shape index (κ3) is 5.45. The molecule has 0 radical (unpaired) electrons. The summed E-state index contributed by atoms with van der Waals surface area (Å²) in [6.45, 7) is 3.85. The molecule has 0 aromatic heterocycles. The Morgan fingerprint density at radius 2 is 1.60 bits per heavy atom. The average Bonchev–Trinajstić information content (AvgIpc) is 3.25. The molecule has 184 valence electrons. The Bertz CT molecular complexity index is 1160. The maximum absolute atomic E-state index is 13.9. The number of phenols is 2. The molecule has 2 aliphatic rings. The Kier molecular flexibility index (Phi) is 7.95. The van der Waals surface area contributed by atoms with Gasteiger partial charge in [-0.3, -0.25) is 9.69 Å². The lowest BCUT2D eigenvalue weighted by Gasteiger charge is -2.27. The van der Waals surface area contributed by atoms with E-state index in [9.17, 15) is 15.0 Å². The molecule has 1 atom stereocenters. The second kappa shape index (κ2) is 10.9. The third-order valence-corrected chi connectivity index (χ3v) is 8.23. The van der Waals surface area contributed by atoms with Crippen LogP contribution in [-0.4, -0.2) is 47.1 Å². The van der Waals surface area contributed by atoms with Gasteiger partial charge in [0.25, 0.3) is 0 Å². The summed E-state index contributed by atoms with van der Waals surface area (Å²) in [7, 11) is 0. The van der Waals surface area contributed by atoms with Gasteiger partial charge in [-0.05, 0) is 85.6 Å². The molecule has 0 saturated carbocycles. The average molecular weight is 512 g/mol. The lowest BCUT2D eigenvalue weighted by Crippen LogP contribution is -2.33. The van der Waals surface area contributed by atoms with Crippen molar-refractivity contribution in [3.8, 4) is 17.2 Å². The molecule has 1 saturated heterocycles. The first-order valence-electron chi connectivity index (χ1n) is 11.8. The van der Waals surface area contributed by atoms with E-state index in [1.165, 1.54) is 31.0 Å². The van der Waals surface area contributed by atoms with Crippen LogP contribution in [0.1, 0.15) is 40.7 Å². The first-order chi connectivity index (χ1) is 16.5. The van der Waals surface area contributed by atoms with Crippen LogP contribution < -0.4 is 4.74 Å². The quantitative estimate of drug-likeness (QED) is 0.390. The number of phenolic OH excluding ortho intramolecular Hbond substituents is 2.